The summed E-state index contributed by atoms with van der Waals surface area (Å²) in [6, 6.07) is 7.56. The van der Waals surface area contributed by atoms with Crippen molar-refractivity contribution in [2.45, 2.75) is 13.0 Å². The molecule has 1 heterocycles. The number of hydrogen-bond donors (Lipinski definition) is 0. The zero-order chi connectivity index (χ0) is 13.5. The predicted octanol–water partition coefficient (Wildman–Crippen LogP) is 1.77. The van der Waals surface area contributed by atoms with Crippen molar-refractivity contribution in [1.82, 2.24) is 20.2 Å². The second-order valence-electron chi connectivity index (χ2n) is 3.75. The molecule has 0 fully saturated rings. The van der Waals surface area contributed by atoms with E-state index in [1.165, 1.54) is 4.80 Å². The van der Waals surface area contributed by atoms with Gasteiger partial charge in [0.2, 0.25) is 5.82 Å². The molecule has 0 unspecified atom stereocenters. The molecule has 0 radical (unpaired) electrons. The number of nitrogens with zero attached hydrogens (tertiary/aromatic N) is 4. The van der Waals surface area contributed by atoms with E-state index >= 15 is 0 Å². The van der Waals surface area contributed by atoms with E-state index in [1.54, 1.807) is 7.05 Å². The van der Waals surface area contributed by atoms with E-state index in [0.717, 1.165) is 11.3 Å². The summed E-state index contributed by atoms with van der Waals surface area (Å²) in [6.07, 6.45) is 0.677. The fourth-order valence-corrected chi connectivity index (χ4v) is 1.50. The van der Waals surface area contributed by atoms with Crippen LogP contribution in [0.4, 0.5) is 0 Å². The molecule has 2 rings (SSSR count). The molecule has 0 aliphatic heterocycles. The molecule has 98 valence electrons. The van der Waals surface area contributed by atoms with Crippen molar-refractivity contribution in [3.63, 3.8) is 0 Å². The number of hydrogen-bond acceptors (Lipinski definition) is 4. The van der Waals surface area contributed by atoms with Crippen LogP contribution >= 0.6 is 11.6 Å². The third kappa shape index (κ3) is 4.27. The first-order valence-corrected chi connectivity index (χ1v) is 6.32. The fraction of sp³-hybridized carbons (Fsp3) is 0.308. The molecule has 0 saturated carbocycles. The van der Waals surface area contributed by atoms with Crippen LogP contribution in [-0.4, -0.2) is 26.1 Å². The molecule has 5 nitrogen and oxygen atoms in total. The Hall–Kier alpha value is -2.06. The number of benzene rings is 1. The molecule has 19 heavy (non-hydrogen) atoms. The van der Waals surface area contributed by atoms with Gasteiger partial charge in [-0.25, -0.2) is 0 Å². The summed E-state index contributed by atoms with van der Waals surface area (Å²) >= 11 is 5.57. The van der Waals surface area contributed by atoms with E-state index in [4.69, 9.17) is 16.3 Å². The normalized spacial score (nSPS) is 9.79. The van der Waals surface area contributed by atoms with Gasteiger partial charge in [0.15, 0.2) is 6.61 Å². The summed E-state index contributed by atoms with van der Waals surface area (Å²) in [5, 5.41) is 11.6. The van der Waals surface area contributed by atoms with E-state index in [0.29, 0.717) is 18.1 Å². The molecular weight excluding hydrogens is 264 g/mol. The van der Waals surface area contributed by atoms with E-state index in [9.17, 15) is 0 Å². The highest BCUT2D eigenvalue weighted by Gasteiger charge is 2.01. The molecule has 0 aliphatic carbocycles. The van der Waals surface area contributed by atoms with Crippen LogP contribution in [0.15, 0.2) is 24.3 Å². The summed E-state index contributed by atoms with van der Waals surface area (Å²) in [6.45, 7) is 0.284. The molecule has 0 spiro atoms. The summed E-state index contributed by atoms with van der Waals surface area (Å²) in [5.41, 5.74) is 0.898. The molecular formula is C13H13ClN4O. The van der Waals surface area contributed by atoms with Crippen LogP contribution in [0.25, 0.3) is 0 Å². The van der Waals surface area contributed by atoms with Crippen molar-refractivity contribution in [2.75, 3.05) is 5.88 Å². The number of alkyl halides is 1. The highest BCUT2D eigenvalue weighted by atomic mass is 35.5. The molecule has 0 amide bonds. The lowest BCUT2D eigenvalue weighted by molar-refractivity contribution is 0.295. The SMILES string of the molecule is Cn1nnc(COc2cccc(C#CCCCl)c2)n1. The average molecular weight is 277 g/mol. The minimum Gasteiger partial charge on any atom is -0.485 e. The third-order valence-corrected chi connectivity index (χ3v) is 2.39. The molecule has 0 bridgehead atoms. The molecule has 0 N–H and O–H groups in total. The van der Waals surface area contributed by atoms with Crippen molar-refractivity contribution < 1.29 is 4.74 Å². The molecule has 6 heteroatoms. The highest BCUT2D eigenvalue weighted by Crippen LogP contribution is 2.13. The van der Waals surface area contributed by atoms with Gasteiger partial charge >= 0.3 is 0 Å². The van der Waals surface area contributed by atoms with Crippen molar-refractivity contribution in [1.29, 1.82) is 0 Å². The Bertz CT molecular complexity index is 600. The summed E-state index contributed by atoms with van der Waals surface area (Å²) < 4.78 is 5.58. The van der Waals surface area contributed by atoms with Gasteiger partial charge < -0.3 is 4.74 Å². The lowest BCUT2D eigenvalue weighted by atomic mass is 10.2. The van der Waals surface area contributed by atoms with Crippen LogP contribution in [0, 0.1) is 11.8 Å². The van der Waals surface area contributed by atoms with Gasteiger partial charge in [-0.05, 0) is 23.4 Å². The smallest absolute Gasteiger partial charge is 0.212 e. The Kier molecular flexibility index (Phi) is 4.76. The Morgan fingerprint density at radius 1 is 1.42 bits per heavy atom. The number of ether oxygens (including phenoxy) is 1. The molecule has 0 saturated heterocycles. The summed E-state index contributed by atoms with van der Waals surface area (Å²) in [7, 11) is 1.71. The molecule has 1 aromatic heterocycles. The quantitative estimate of drug-likeness (QED) is 0.631. The van der Waals surface area contributed by atoms with Gasteiger partial charge in [0.25, 0.3) is 0 Å². The van der Waals surface area contributed by atoms with Crippen LogP contribution in [0.3, 0.4) is 0 Å². The zero-order valence-electron chi connectivity index (χ0n) is 10.5. The van der Waals surface area contributed by atoms with E-state index < -0.39 is 0 Å². The fourth-order valence-electron chi connectivity index (χ4n) is 1.40. The van der Waals surface area contributed by atoms with E-state index in [1.807, 2.05) is 24.3 Å². The standard InChI is InChI=1S/C13H13ClN4O/c1-18-16-13(15-17-18)10-19-12-7-4-6-11(9-12)5-2-3-8-14/h4,6-7,9H,3,8,10H2,1H3. The second-order valence-corrected chi connectivity index (χ2v) is 4.13. The zero-order valence-corrected chi connectivity index (χ0v) is 11.3. The maximum Gasteiger partial charge on any atom is 0.212 e. The van der Waals surface area contributed by atoms with Crippen LogP contribution in [0.2, 0.25) is 0 Å². The van der Waals surface area contributed by atoms with Gasteiger partial charge in [0, 0.05) is 17.9 Å². The number of aromatic nitrogens is 4. The maximum absolute atomic E-state index is 5.58. The van der Waals surface area contributed by atoms with Gasteiger partial charge in [-0.15, -0.1) is 21.8 Å². The minimum absolute atomic E-state index is 0.284. The topological polar surface area (TPSA) is 52.8 Å². The second kappa shape index (κ2) is 6.76. The highest BCUT2D eigenvalue weighted by molar-refractivity contribution is 6.18. The van der Waals surface area contributed by atoms with Crippen LogP contribution in [0.5, 0.6) is 5.75 Å². The molecule has 1 aromatic carbocycles. The van der Waals surface area contributed by atoms with E-state index in [-0.39, 0.29) is 6.61 Å². The van der Waals surface area contributed by atoms with Gasteiger partial charge in [-0.1, -0.05) is 17.9 Å². The van der Waals surface area contributed by atoms with Crippen molar-refractivity contribution in [2.24, 2.45) is 7.05 Å². The van der Waals surface area contributed by atoms with Crippen LogP contribution < -0.4 is 4.74 Å². The first kappa shape index (κ1) is 13.4. The molecule has 2 aromatic rings. The maximum atomic E-state index is 5.58. The number of halogens is 1. The molecule has 0 atom stereocenters. The lowest BCUT2D eigenvalue weighted by Gasteiger charge is -2.03. The van der Waals surface area contributed by atoms with Crippen molar-refractivity contribution in [3.05, 3.63) is 35.7 Å². The number of aryl methyl sites for hydroxylation is 1. The van der Waals surface area contributed by atoms with Gasteiger partial charge in [-0.3, -0.25) is 0 Å². The van der Waals surface area contributed by atoms with Gasteiger partial charge in [0.1, 0.15) is 5.75 Å². The largest absolute Gasteiger partial charge is 0.485 e. The monoisotopic (exact) mass is 276 g/mol. The first-order chi connectivity index (χ1) is 9.28. The Labute approximate surface area is 116 Å². The van der Waals surface area contributed by atoms with Crippen molar-refractivity contribution >= 4 is 11.6 Å². The van der Waals surface area contributed by atoms with Gasteiger partial charge in [0.05, 0.1) is 7.05 Å². The van der Waals surface area contributed by atoms with Crippen molar-refractivity contribution in [3.8, 4) is 17.6 Å². The Balaban J connectivity index is 1.97. The first-order valence-electron chi connectivity index (χ1n) is 5.78. The number of tetrazole rings is 1. The number of rotatable bonds is 4. The lowest BCUT2D eigenvalue weighted by Crippen LogP contribution is -1.99. The van der Waals surface area contributed by atoms with Crippen LogP contribution in [0.1, 0.15) is 17.8 Å². The third-order valence-electron chi connectivity index (χ3n) is 2.20. The summed E-state index contributed by atoms with van der Waals surface area (Å²) in [4.78, 5) is 1.40. The Morgan fingerprint density at radius 3 is 3.05 bits per heavy atom. The predicted molar refractivity (Wildman–Crippen MR) is 71.8 cm³/mol. The Morgan fingerprint density at radius 2 is 2.32 bits per heavy atom. The minimum atomic E-state index is 0.284. The summed E-state index contributed by atoms with van der Waals surface area (Å²) in [5.74, 6) is 7.82. The van der Waals surface area contributed by atoms with Gasteiger partial charge in [-0.2, -0.15) is 4.80 Å². The molecule has 0 aliphatic rings. The van der Waals surface area contributed by atoms with E-state index in [2.05, 4.69) is 27.3 Å². The van der Waals surface area contributed by atoms with Crippen LogP contribution in [-0.2, 0) is 13.7 Å². The average Bonchev–Trinajstić information content (AvgIpc) is 2.83.